The van der Waals surface area contributed by atoms with Crippen molar-refractivity contribution in [3.8, 4) is 0 Å². The fraction of sp³-hybridized carbons (Fsp3) is 0.583. The van der Waals surface area contributed by atoms with Gasteiger partial charge < -0.3 is 9.47 Å². The fourth-order valence-electron chi connectivity index (χ4n) is 1.60. The maximum absolute atomic E-state index is 11.9. The summed E-state index contributed by atoms with van der Waals surface area (Å²) < 4.78 is 9.75. The van der Waals surface area contributed by atoms with E-state index in [4.69, 9.17) is 9.47 Å². The fourth-order valence-corrected chi connectivity index (χ4v) is 1.60. The molecule has 0 spiro atoms. The van der Waals surface area contributed by atoms with E-state index in [9.17, 15) is 14.4 Å². The molecule has 0 amide bonds. The number of esters is 2. The molecule has 1 atom stereocenters. The first-order valence-corrected chi connectivity index (χ1v) is 5.39. The number of cyclic esters (lactones) is 2. The molecule has 0 radical (unpaired) electrons. The molecular weight excluding hydrogens is 224 g/mol. The molecule has 1 unspecified atom stereocenters. The van der Waals surface area contributed by atoms with Crippen molar-refractivity contribution >= 4 is 17.7 Å². The minimum Gasteiger partial charge on any atom is -0.422 e. The van der Waals surface area contributed by atoms with Crippen LogP contribution in [0.3, 0.4) is 0 Å². The summed E-state index contributed by atoms with van der Waals surface area (Å²) in [6.45, 7) is 8.02. The zero-order chi connectivity index (χ0) is 13.2. The number of hydrogen-bond donors (Lipinski definition) is 0. The SMILES string of the molecule is C=CCC(C)C(=O)C1C(=O)OC(C)(C)OC1=O. The van der Waals surface area contributed by atoms with Gasteiger partial charge in [0.2, 0.25) is 5.92 Å². The Kier molecular flexibility index (Phi) is 3.70. The number of carbonyl (C=O) groups is 3. The van der Waals surface area contributed by atoms with Gasteiger partial charge in [0.15, 0.2) is 5.78 Å². The van der Waals surface area contributed by atoms with Crippen molar-refractivity contribution < 1.29 is 23.9 Å². The highest BCUT2D eigenvalue weighted by molar-refractivity contribution is 6.16. The van der Waals surface area contributed by atoms with E-state index in [1.54, 1.807) is 13.0 Å². The molecule has 5 heteroatoms. The van der Waals surface area contributed by atoms with Gasteiger partial charge in [-0.1, -0.05) is 13.0 Å². The summed E-state index contributed by atoms with van der Waals surface area (Å²) in [6, 6.07) is 0. The summed E-state index contributed by atoms with van der Waals surface area (Å²) in [4.78, 5) is 35.1. The molecule has 0 bridgehead atoms. The first-order valence-electron chi connectivity index (χ1n) is 5.39. The van der Waals surface area contributed by atoms with Gasteiger partial charge in [-0.25, -0.2) is 0 Å². The molecule has 1 aliphatic heterocycles. The van der Waals surface area contributed by atoms with Crippen molar-refractivity contribution in [2.75, 3.05) is 0 Å². The van der Waals surface area contributed by atoms with Gasteiger partial charge in [-0.3, -0.25) is 14.4 Å². The highest BCUT2D eigenvalue weighted by Crippen LogP contribution is 2.26. The largest absolute Gasteiger partial charge is 0.422 e. The van der Waals surface area contributed by atoms with Gasteiger partial charge >= 0.3 is 11.9 Å². The molecule has 0 aromatic carbocycles. The van der Waals surface area contributed by atoms with Crippen LogP contribution < -0.4 is 0 Å². The van der Waals surface area contributed by atoms with Crippen molar-refractivity contribution in [3.05, 3.63) is 12.7 Å². The van der Waals surface area contributed by atoms with Gasteiger partial charge in [-0.2, -0.15) is 0 Å². The lowest BCUT2D eigenvalue weighted by Gasteiger charge is -2.32. The predicted molar refractivity (Wildman–Crippen MR) is 58.7 cm³/mol. The molecular formula is C12H16O5. The highest BCUT2D eigenvalue weighted by Gasteiger charge is 2.47. The summed E-state index contributed by atoms with van der Waals surface area (Å²) in [5, 5.41) is 0. The molecule has 5 nitrogen and oxygen atoms in total. The molecule has 1 aliphatic rings. The van der Waals surface area contributed by atoms with Crippen LogP contribution in [0.25, 0.3) is 0 Å². The Hall–Kier alpha value is -1.65. The predicted octanol–water partition coefficient (Wildman–Crippen LogP) is 1.22. The first kappa shape index (κ1) is 13.4. The van der Waals surface area contributed by atoms with Crippen LogP contribution in [0.1, 0.15) is 27.2 Å². The molecule has 94 valence electrons. The van der Waals surface area contributed by atoms with E-state index in [-0.39, 0.29) is 0 Å². The van der Waals surface area contributed by atoms with Crippen LogP contribution in [-0.4, -0.2) is 23.5 Å². The molecule has 1 saturated heterocycles. The van der Waals surface area contributed by atoms with Crippen LogP contribution in [-0.2, 0) is 23.9 Å². The summed E-state index contributed by atoms with van der Waals surface area (Å²) >= 11 is 0. The maximum Gasteiger partial charge on any atom is 0.331 e. The number of rotatable bonds is 4. The van der Waals surface area contributed by atoms with E-state index >= 15 is 0 Å². The molecule has 1 rings (SSSR count). The average Bonchev–Trinajstić information content (AvgIpc) is 2.14. The number of hydrogen-bond acceptors (Lipinski definition) is 5. The molecule has 0 N–H and O–H groups in total. The molecule has 0 saturated carbocycles. The average molecular weight is 240 g/mol. The van der Waals surface area contributed by atoms with Gasteiger partial charge in [0.25, 0.3) is 5.79 Å². The van der Waals surface area contributed by atoms with Gasteiger partial charge in [-0.05, 0) is 6.42 Å². The second kappa shape index (κ2) is 4.69. The van der Waals surface area contributed by atoms with Crippen LogP contribution >= 0.6 is 0 Å². The van der Waals surface area contributed by atoms with Crippen molar-refractivity contribution in [1.29, 1.82) is 0 Å². The Morgan fingerprint density at radius 1 is 1.41 bits per heavy atom. The summed E-state index contributed by atoms with van der Waals surface area (Å²) in [5.41, 5.74) is 0. The second-order valence-electron chi connectivity index (χ2n) is 4.50. The molecule has 0 aliphatic carbocycles. The van der Waals surface area contributed by atoms with Gasteiger partial charge in [0.1, 0.15) is 0 Å². The van der Waals surface area contributed by atoms with Gasteiger partial charge in [-0.15, -0.1) is 6.58 Å². The Balaban J connectivity index is 2.85. The Morgan fingerprint density at radius 2 is 1.88 bits per heavy atom. The minimum absolute atomic E-state index is 0.402. The Labute approximate surface area is 99.8 Å². The van der Waals surface area contributed by atoms with Crippen molar-refractivity contribution in [2.24, 2.45) is 11.8 Å². The lowest BCUT2D eigenvalue weighted by Crippen LogP contribution is -2.50. The van der Waals surface area contributed by atoms with Crippen molar-refractivity contribution in [1.82, 2.24) is 0 Å². The van der Waals surface area contributed by atoms with E-state index in [0.29, 0.717) is 6.42 Å². The van der Waals surface area contributed by atoms with E-state index in [2.05, 4.69) is 6.58 Å². The Bertz CT molecular complexity index is 349. The van der Waals surface area contributed by atoms with Crippen molar-refractivity contribution in [2.45, 2.75) is 33.0 Å². The topological polar surface area (TPSA) is 69.7 Å². The smallest absolute Gasteiger partial charge is 0.331 e. The zero-order valence-corrected chi connectivity index (χ0v) is 10.2. The van der Waals surface area contributed by atoms with Crippen LogP contribution in [0.15, 0.2) is 12.7 Å². The number of ketones is 1. The van der Waals surface area contributed by atoms with Crippen LogP contribution in [0.5, 0.6) is 0 Å². The van der Waals surface area contributed by atoms with E-state index < -0.39 is 35.3 Å². The third-order valence-electron chi connectivity index (χ3n) is 2.45. The minimum atomic E-state index is -1.46. The normalized spacial score (nSPS) is 21.4. The quantitative estimate of drug-likeness (QED) is 0.420. The van der Waals surface area contributed by atoms with Crippen LogP contribution in [0, 0.1) is 11.8 Å². The number of carbonyl (C=O) groups excluding carboxylic acids is 3. The Morgan fingerprint density at radius 3 is 2.29 bits per heavy atom. The first-order chi connectivity index (χ1) is 7.78. The van der Waals surface area contributed by atoms with Gasteiger partial charge in [0.05, 0.1) is 0 Å². The summed E-state index contributed by atoms with van der Waals surface area (Å²) in [6.07, 6.45) is 1.96. The van der Waals surface area contributed by atoms with Gasteiger partial charge in [0, 0.05) is 19.8 Å². The van der Waals surface area contributed by atoms with E-state index in [1.165, 1.54) is 13.8 Å². The van der Waals surface area contributed by atoms with Crippen LogP contribution in [0.2, 0.25) is 0 Å². The molecule has 0 aromatic heterocycles. The van der Waals surface area contributed by atoms with Crippen molar-refractivity contribution in [3.63, 3.8) is 0 Å². The summed E-state index contributed by atoms with van der Waals surface area (Å²) in [5.74, 6) is -5.39. The lowest BCUT2D eigenvalue weighted by molar-refractivity contribution is -0.238. The number of ether oxygens (including phenoxy) is 2. The second-order valence-corrected chi connectivity index (χ2v) is 4.50. The van der Waals surface area contributed by atoms with Crippen LogP contribution in [0.4, 0.5) is 0 Å². The zero-order valence-electron chi connectivity index (χ0n) is 10.2. The molecule has 0 aromatic rings. The van der Waals surface area contributed by atoms with E-state index in [1.807, 2.05) is 0 Å². The molecule has 1 heterocycles. The lowest BCUT2D eigenvalue weighted by atomic mass is 9.91. The maximum atomic E-state index is 11.9. The highest BCUT2D eigenvalue weighted by atomic mass is 16.7. The third-order valence-corrected chi connectivity index (χ3v) is 2.45. The molecule has 17 heavy (non-hydrogen) atoms. The monoisotopic (exact) mass is 240 g/mol. The number of allylic oxidation sites excluding steroid dienone is 1. The molecule has 1 fully saturated rings. The standard InChI is InChI=1S/C12H16O5/c1-5-6-7(2)9(13)8-10(14)16-12(3,4)17-11(8)15/h5,7-8H,1,6H2,2-4H3. The van der Waals surface area contributed by atoms with E-state index in [0.717, 1.165) is 0 Å². The third kappa shape index (κ3) is 2.93. The summed E-state index contributed by atoms with van der Waals surface area (Å²) in [7, 11) is 0. The number of Topliss-reactive ketones (excluding diaryl/α,β-unsaturated/α-hetero) is 1.